The van der Waals surface area contributed by atoms with E-state index in [1.54, 1.807) is 0 Å². The van der Waals surface area contributed by atoms with Crippen LogP contribution in [0.1, 0.15) is 30.9 Å². The maximum Gasteiger partial charge on any atom is 0.175 e. The molecule has 5 heteroatoms. The predicted molar refractivity (Wildman–Crippen MR) is 64.1 cm³/mol. The molecule has 0 saturated carbocycles. The van der Waals surface area contributed by atoms with Crippen LogP contribution in [0.4, 0.5) is 4.39 Å². The zero-order chi connectivity index (χ0) is 12.5. The van der Waals surface area contributed by atoms with Crippen molar-refractivity contribution >= 4 is 9.84 Å². The van der Waals surface area contributed by atoms with Crippen molar-refractivity contribution in [3.05, 3.63) is 29.6 Å². The van der Waals surface area contributed by atoms with Crippen LogP contribution in [-0.2, 0) is 9.84 Å². The quantitative estimate of drug-likeness (QED) is 0.882. The van der Waals surface area contributed by atoms with Crippen LogP contribution in [0, 0.1) is 5.82 Å². The van der Waals surface area contributed by atoms with Gasteiger partial charge in [-0.3, -0.25) is 0 Å². The molecule has 0 aliphatic carbocycles. The van der Waals surface area contributed by atoms with Gasteiger partial charge in [-0.1, -0.05) is 12.5 Å². The summed E-state index contributed by atoms with van der Waals surface area (Å²) in [5.41, 5.74) is 0.301. The van der Waals surface area contributed by atoms with Crippen molar-refractivity contribution in [2.75, 3.05) is 12.8 Å². The van der Waals surface area contributed by atoms with Crippen LogP contribution in [0.3, 0.4) is 0 Å². The lowest BCUT2D eigenvalue weighted by molar-refractivity contribution is 0.394. The fourth-order valence-corrected chi connectivity index (χ4v) is 3.24. The number of piperidine rings is 1. The Bertz CT molecular complexity index is 507. The van der Waals surface area contributed by atoms with Crippen molar-refractivity contribution in [3.63, 3.8) is 0 Å². The summed E-state index contributed by atoms with van der Waals surface area (Å²) < 4.78 is 37.2. The number of benzene rings is 1. The van der Waals surface area contributed by atoms with Gasteiger partial charge in [0.05, 0.1) is 4.90 Å². The summed E-state index contributed by atoms with van der Waals surface area (Å²) in [7, 11) is -3.39. The predicted octanol–water partition coefficient (Wildman–Crippen LogP) is 2.04. The van der Waals surface area contributed by atoms with Crippen molar-refractivity contribution in [1.82, 2.24) is 5.32 Å². The summed E-state index contributed by atoms with van der Waals surface area (Å²) in [6, 6.07) is 4.05. The van der Waals surface area contributed by atoms with Gasteiger partial charge in [0.25, 0.3) is 0 Å². The van der Waals surface area contributed by atoms with Crippen LogP contribution in [0.15, 0.2) is 23.1 Å². The van der Waals surface area contributed by atoms with Gasteiger partial charge in [-0.15, -0.1) is 0 Å². The maximum atomic E-state index is 13.9. The average Bonchev–Trinajstić information content (AvgIpc) is 2.28. The normalized spacial score (nSPS) is 21.4. The molecule has 0 spiro atoms. The van der Waals surface area contributed by atoms with Gasteiger partial charge in [0.2, 0.25) is 0 Å². The molecule has 94 valence electrons. The van der Waals surface area contributed by atoms with Crippen LogP contribution in [0.5, 0.6) is 0 Å². The molecule has 0 bridgehead atoms. The summed E-state index contributed by atoms with van der Waals surface area (Å²) in [6.07, 6.45) is 3.95. The van der Waals surface area contributed by atoms with Crippen LogP contribution < -0.4 is 5.32 Å². The zero-order valence-electron chi connectivity index (χ0n) is 9.74. The fraction of sp³-hybridized carbons (Fsp3) is 0.500. The van der Waals surface area contributed by atoms with E-state index in [9.17, 15) is 12.8 Å². The molecular formula is C12H16FNO2S. The van der Waals surface area contributed by atoms with Gasteiger partial charge in [0.15, 0.2) is 9.84 Å². The third-order valence-electron chi connectivity index (χ3n) is 3.07. The van der Waals surface area contributed by atoms with Gasteiger partial charge in [-0.05, 0) is 31.5 Å². The topological polar surface area (TPSA) is 46.2 Å². The van der Waals surface area contributed by atoms with Crippen LogP contribution in [-0.4, -0.2) is 21.2 Å². The molecule has 0 aromatic heterocycles. The van der Waals surface area contributed by atoms with Gasteiger partial charge in [-0.2, -0.15) is 0 Å². The molecule has 1 aliphatic heterocycles. The van der Waals surface area contributed by atoms with Crippen LogP contribution >= 0.6 is 0 Å². The summed E-state index contributed by atoms with van der Waals surface area (Å²) in [6.45, 7) is 0.808. The van der Waals surface area contributed by atoms with Gasteiger partial charge in [0.1, 0.15) is 5.82 Å². The first-order valence-electron chi connectivity index (χ1n) is 5.72. The van der Waals surface area contributed by atoms with E-state index in [0.717, 1.165) is 32.1 Å². The Morgan fingerprint density at radius 3 is 2.71 bits per heavy atom. The third kappa shape index (κ3) is 2.66. The minimum Gasteiger partial charge on any atom is -0.310 e. The second-order valence-electron chi connectivity index (χ2n) is 4.43. The lowest BCUT2D eigenvalue weighted by atomic mass is 9.97. The second-order valence-corrected chi connectivity index (χ2v) is 6.41. The van der Waals surface area contributed by atoms with E-state index in [1.807, 2.05) is 0 Å². The second kappa shape index (κ2) is 4.74. The van der Waals surface area contributed by atoms with E-state index < -0.39 is 15.7 Å². The summed E-state index contributed by atoms with van der Waals surface area (Å²) >= 11 is 0. The molecule has 2 rings (SSSR count). The number of nitrogens with one attached hydrogen (secondary N) is 1. The Morgan fingerprint density at radius 2 is 2.12 bits per heavy atom. The number of hydrogen-bond donors (Lipinski definition) is 1. The SMILES string of the molecule is CS(=O)(=O)c1cccc(F)c1C1CCCCN1. The number of halogens is 1. The first-order chi connectivity index (χ1) is 8.00. The van der Waals surface area contributed by atoms with Crippen molar-refractivity contribution in [2.24, 2.45) is 0 Å². The van der Waals surface area contributed by atoms with Gasteiger partial charge >= 0.3 is 0 Å². The molecule has 1 aliphatic rings. The van der Waals surface area contributed by atoms with Gasteiger partial charge in [-0.25, -0.2) is 12.8 Å². The number of rotatable bonds is 2. The molecule has 1 fully saturated rings. The van der Waals surface area contributed by atoms with Crippen molar-refractivity contribution in [1.29, 1.82) is 0 Å². The summed E-state index contributed by atoms with van der Waals surface area (Å²) in [5, 5.41) is 3.18. The van der Waals surface area contributed by atoms with E-state index in [0.29, 0.717) is 5.56 Å². The van der Waals surface area contributed by atoms with E-state index in [2.05, 4.69) is 5.32 Å². The Morgan fingerprint density at radius 1 is 1.35 bits per heavy atom. The molecular weight excluding hydrogens is 241 g/mol. The molecule has 1 aromatic carbocycles. The highest BCUT2D eigenvalue weighted by atomic mass is 32.2. The minimum absolute atomic E-state index is 0.108. The molecule has 1 unspecified atom stereocenters. The van der Waals surface area contributed by atoms with Gasteiger partial charge in [0, 0.05) is 17.9 Å². The van der Waals surface area contributed by atoms with Gasteiger partial charge < -0.3 is 5.32 Å². The molecule has 3 nitrogen and oxygen atoms in total. The van der Waals surface area contributed by atoms with Crippen molar-refractivity contribution in [2.45, 2.75) is 30.2 Å². The zero-order valence-corrected chi connectivity index (χ0v) is 10.6. The number of sulfone groups is 1. The van der Waals surface area contributed by atoms with E-state index in [4.69, 9.17) is 0 Å². The van der Waals surface area contributed by atoms with Crippen LogP contribution in [0.2, 0.25) is 0 Å². The Labute approximate surface area is 101 Å². The lowest BCUT2D eigenvalue weighted by Crippen LogP contribution is -2.28. The minimum atomic E-state index is -3.39. The summed E-state index contributed by atoms with van der Waals surface area (Å²) in [4.78, 5) is 0.108. The first kappa shape index (κ1) is 12.5. The van der Waals surface area contributed by atoms with Crippen molar-refractivity contribution < 1.29 is 12.8 Å². The fourth-order valence-electron chi connectivity index (χ4n) is 2.28. The number of hydrogen-bond acceptors (Lipinski definition) is 3. The molecule has 1 saturated heterocycles. The highest BCUT2D eigenvalue weighted by Gasteiger charge is 2.25. The lowest BCUT2D eigenvalue weighted by Gasteiger charge is -2.25. The highest BCUT2D eigenvalue weighted by Crippen LogP contribution is 2.30. The average molecular weight is 257 g/mol. The van der Waals surface area contributed by atoms with E-state index in [1.165, 1.54) is 18.2 Å². The highest BCUT2D eigenvalue weighted by molar-refractivity contribution is 7.90. The molecule has 1 aromatic rings. The summed E-state index contributed by atoms with van der Waals surface area (Å²) in [5.74, 6) is -0.438. The third-order valence-corrected chi connectivity index (χ3v) is 4.23. The molecule has 1 N–H and O–H groups in total. The Kier molecular flexibility index (Phi) is 3.49. The van der Waals surface area contributed by atoms with E-state index in [-0.39, 0.29) is 10.9 Å². The molecule has 0 radical (unpaired) electrons. The molecule has 1 heterocycles. The Balaban J connectivity index is 2.50. The largest absolute Gasteiger partial charge is 0.310 e. The van der Waals surface area contributed by atoms with Crippen LogP contribution in [0.25, 0.3) is 0 Å². The standard InChI is InChI=1S/C12H16FNO2S/c1-17(15,16)11-7-4-5-9(13)12(11)10-6-2-3-8-14-10/h4-5,7,10,14H,2-3,6,8H2,1H3. The molecule has 0 amide bonds. The molecule has 1 atom stereocenters. The maximum absolute atomic E-state index is 13.9. The monoisotopic (exact) mass is 257 g/mol. The van der Waals surface area contributed by atoms with Crippen molar-refractivity contribution in [3.8, 4) is 0 Å². The first-order valence-corrected chi connectivity index (χ1v) is 7.61. The molecule has 17 heavy (non-hydrogen) atoms. The Hall–Kier alpha value is -0.940. The smallest absolute Gasteiger partial charge is 0.175 e. The van der Waals surface area contributed by atoms with E-state index >= 15 is 0 Å².